The van der Waals surface area contributed by atoms with Gasteiger partial charge in [0.25, 0.3) is 11.8 Å². The number of nitrogens with two attached hydrogens (primary N) is 1. The smallest absolute Gasteiger partial charge is 0.255 e. The number of hydrogen-bond donors (Lipinski definition) is 3. The molecule has 1 aliphatic carbocycles. The van der Waals surface area contributed by atoms with E-state index in [2.05, 4.69) is 10.6 Å². The Morgan fingerprint density at radius 1 is 1.00 bits per heavy atom. The molecule has 0 unspecified atom stereocenters. The maximum atomic E-state index is 12.5. The molecule has 8 nitrogen and oxygen atoms in total. The lowest BCUT2D eigenvalue weighted by Crippen LogP contribution is -2.20. The average molecular weight is 383 g/mol. The minimum absolute atomic E-state index is 0.0129. The van der Waals surface area contributed by atoms with E-state index >= 15 is 0 Å². The van der Waals surface area contributed by atoms with Gasteiger partial charge in [-0.05, 0) is 49.2 Å². The Balaban J connectivity index is 1.65. The van der Waals surface area contributed by atoms with Crippen molar-refractivity contribution >= 4 is 29.1 Å². The lowest BCUT2D eigenvalue weighted by atomic mass is 10.2. The van der Waals surface area contributed by atoms with Gasteiger partial charge >= 0.3 is 0 Å². The Bertz CT molecular complexity index is 891. The summed E-state index contributed by atoms with van der Waals surface area (Å²) in [5.41, 5.74) is 6.64. The highest BCUT2D eigenvalue weighted by Crippen LogP contribution is 2.31. The van der Waals surface area contributed by atoms with Gasteiger partial charge in [0, 0.05) is 28.9 Å². The summed E-state index contributed by atoms with van der Waals surface area (Å²) < 4.78 is 10.5. The third-order valence-electron chi connectivity index (χ3n) is 4.15. The number of rotatable bonds is 8. The Kier molecular flexibility index (Phi) is 5.78. The molecule has 1 aliphatic rings. The summed E-state index contributed by atoms with van der Waals surface area (Å²) in [4.78, 5) is 35.1. The Labute approximate surface area is 162 Å². The molecule has 1 fully saturated rings. The largest absolute Gasteiger partial charge is 0.493 e. The van der Waals surface area contributed by atoms with E-state index in [0.29, 0.717) is 22.7 Å². The van der Waals surface area contributed by atoms with Crippen LogP contribution in [0.3, 0.4) is 0 Å². The van der Waals surface area contributed by atoms with Crippen molar-refractivity contribution in [3.05, 3.63) is 48.0 Å². The van der Waals surface area contributed by atoms with E-state index in [-0.39, 0.29) is 30.1 Å². The number of amides is 3. The zero-order valence-corrected chi connectivity index (χ0v) is 15.4. The fourth-order valence-electron chi connectivity index (χ4n) is 2.51. The quantitative estimate of drug-likeness (QED) is 0.645. The first-order valence-electron chi connectivity index (χ1n) is 8.77. The number of anilines is 2. The molecule has 0 radical (unpaired) electrons. The predicted octanol–water partition coefficient (Wildman–Crippen LogP) is 2.16. The van der Waals surface area contributed by atoms with Crippen molar-refractivity contribution in [2.45, 2.75) is 12.8 Å². The van der Waals surface area contributed by atoms with Crippen molar-refractivity contribution in [2.24, 2.45) is 11.7 Å². The zero-order valence-electron chi connectivity index (χ0n) is 15.4. The molecular weight excluding hydrogens is 362 g/mol. The summed E-state index contributed by atoms with van der Waals surface area (Å²) in [6, 6.07) is 11.4. The lowest BCUT2D eigenvalue weighted by Gasteiger charge is -2.12. The minimum atomic E-state index is -0.620. The second kappa shape index (κ2) is 8.43. The van der Waals surface area contributed by atoms with E-state index in [1.807, 2.05) is 0 Å². The second-order valence-electron chi connectivity index (χ2n) is 6.42. The molecule has 0 heterocycles. The highest BCUT2D eigenvalue weighted by Gasteiger charge is 2.29. The molecule has 3 amide bonds. The van der Waals surface area contributed by atoms with E-state index in [9.17, 15) is 14.4 Å². The molecular formula is C20H21N3O5. The number of hydrogen-bond acceptors (Lipinski definition) is 5. The normalized spacial score (nSPS) is 12.8. The van der Waals surface area contributed by atoms with Gasteiger partial charge in [0.05, 0.1) is 7.11 Å². The Morgan fingerprint density at radius 3 is 2.29 bits per heavy atom. The molecule has 0 aliphatic heterocycles. The van der Waals surface area contributed by atoms with Gasteiger partial charge in [0.1, 0.15) is 0 Å². The third kappa shape index (κ3) is 5.00. The van der Waals surface area contributed by atoms with Gasteiger partial charge < -0.3 is 25.8 Å². The molecule has 1 saturated carbocycles. The predicted molar refractivity (Wildman–Crippen MR) is 103 cm³/mol. The molecule has 4 N–H and O–H groups in total. The first kappa shape index (κ1) is 19.2. The number of carbonyl (C=O) groups excluding carboxylic acids is 3. The molecule has 2 aromatic rings. The van der Waals surface area contributed by atoms with Crippen LogP contribution in [0, 0.1) is 5.92 Å². The Morgan fingerprint density at radius 2 is 1.68 bits per heavy atom. The van der Waals surface area contributed by atoms with Crippen LogP contribution in [0.25, 0.3) is 0 Å². The molecule has 3 rings (SSSR count). The Hall–Kier alpha value is -3.55. The number of nitrogens with one attached hydrogen (secondary N) is 2. The molecule has 0 bridgehead atoms. The first-order valence-corrected chi connectivity index (χ1v) is 8.77. The van der Waals surface area contributed by atoms with Gasteiger partial charge in [0.2, 0.25) is 5.91 Å². The summed E-state index contributed by atoms with van der Waals surface area (Å²) in [6.07, 6.45) is 1.86. The van der Waals surface area contributed by atoms with Crippen LogP contribution in [-0.4, -0.2) is 31.4 Å². The molecule has 146 valence electrons. The van der Waals surface area contributed by atoms with Crippen LogP contribution in [0.2, 0.25) is 0 Å². The van der Waals surface area contributed by atoms with Crippen LogP contribution in [0.15, 0.2) is 42.5 Å². The number of benzene rings is 2. The molecule has 0 atom stereocenters. The van der Waals surface area contributed by atoms with Gasteiger partial charge in [-0.15, -0.1) is 0 Å². The number of primary amides is 1. The fraction of sp³-hybridized carbons (Fsp3) is 0.250. The monoisotopic (exact) mass is 383 g/mol. The molecule has 2 aromatic carbocycles. The van der Waals surface area contributed by atoms with Crippen LogP contribution >= 0.6 is 0 Å². The van der Waals surface area contributed by atoms with Crippen molar-refractivity contribution in [3.8, 4) is 11.5 Å². The number of ether oxygens (including phenoxy) is 2. The van der Waals surface area contributed by atoms with Crippen LogP contribution in [-0.2, 0) is 9.59 Å². The fourth-order valence-corrected chi connectivity index (χ4v) is 2.51. The van der Waals surface area contributed by atoms with Crippen LogP contribution in [0.5, 0.6) is 11.5 Å². The van der Waals surface area contributed by atoms with Gasteiger partial charge in [0.15, 0.2) is 18.1 Å². The van der Waals surface area contributed by atoms with Gasteiger partial charge in [-0.1, -0.05) is 0 Å². The SMILES string of the molecule is COc1ccc(NC(=O)c2ccc(NC(=O)C3CC3)cc2)cc1OCC(N)=O. The minimum Gasteiger partial charge on any atom is -0.493 e. The second-order valence-corrected chi connectivity index (χ2v) is 6.42. The van der Waals surface area contributed by atoms with Crippen molar-refractivity contribution in [3.63, 3.8) is 0 Å². The molecule has 0 saturated heterocycles. The molecule has 28 heavy (non-hydrogen) atoms. The highest BCUT2D eigenvalue weighted by molar-refractivity contribution is 6.05. The number of carbonyl (C=O) groups is 3. The van der Waals surface area contributed by atoms with Crippen LogP contribution in [0.4, 0.5) is 11.4 Å². The van der Waals surface area contributed by atoms with E-state index in [4.69, 9.17) is 15.2 Å². The molecule has 8 heteroatoms. The van der Waals surface area contributed by atoms with Crippen molar-refractivity contribution in [2.75, 3.05) is 24.4 Å². The van der Waals surface area contributed by atoms with E-state index in [1.54, 1.807) is 42.5 Å². The average Bonchev–Trinajstić information content (AvgIpc) is 3.52. The van der Waals surface area contributed by atoms with E-state index < -0.39 is 5.91 Å². The summed E-state index contributed by atoms with van der Waals surface area (Å²) in [7, 11) is 1.47. The first-order chi connectivity index (χ1) is 13.5. The van der Waals surface area contributed by atoms with Gasteiger partial charge in [-0.2, -0.15) is 0 Å². The van der Waals surface area contributed by atoms with Gasteiger partial charge in [-0.25, -0.2) is 0 Å². The van der Waals surface area contributed by atoms with Crippen molar-refractivity contribution < 1.29 is 23.9 Å². The van der Waals surface area contributed by atoms with Crippen LogP contribution in [0.1, 0.15) is 23.2 Å². The summed E-state index contributed by atoms with van der Waals surface area (Å²) in [6.45, 7) is -0.304. The lowest BCUT2D eigenvalue weighted by molar-refractivity contribution is -0.120. The summed E-state index contributed by atoms with van der Waals surface area (Å²) in [5, 5.41) is 5.57. The highest BCUT2D eigenvalue weighted by atomic mass is 16.5. The topological polar surface area (TPSA) is 120 Å². The maximum Gasteiger partial charge on any atom is 0.255 e. The van der Waals surface area contributed by atoms with Crippen LogP contribution < -0.4 is 25.8 Å². The summed E-state index contributed by atoms with van der Waals surface area (Å²) in [5.74, 6) is -0.119. The third-order valence-corrected chi connectivity index (χ3v) is 4.15. The zero-order chi connectivity index (χ0) is 20.1. The van der Waals surface area contributed by atoms with Crippen molar-refractivity contribution in [1.29, 1.82) is 0 Å². The van der Waals surface area contributed by atoms with E-state index in [1.165, 1.54) is 7.11 Å². The number of methoxy groups -OCH3 is 1. The van der Waals surface area contributed by atoms with Crippen molar-refractivity contribution in [1.82, 2.24) is 0 Å². The maximum absolute atomic E-state index is 12.5. The molecule has 0 spiro atoms. The van der Waals surface area contributed by atoms with E-state index in [0.717, 1.165) is 12.8 Å². The summed E-state index contributed by atoms with van der Waals surface area (Å²) >= 11 is 0. The van der Waals surface area contributed by atoms with Gasteiger partial charge in [-0.3, -0.25) is 14.4 Å². The molecule has 0 aromatic heterocycles. The standard InChI is InChI=1S/C20H21N3O5/c1-27-16-9-8-15(10-17(16)28-11-18(21)24)23-20(26)13-4-6-14(7-5-13)22-19(25)12-2-3-12/h4-10,12H,2-3,11H2,1H3,(H2,21,24)(H,22,25)(H,23,26).